The maximum atomic E-state index is 12.1. The number of carbonyl (C=O) groups excluding carboxylic acids is 1. The molecule has 0 bridgehead atoms. The number of benzene rings is 1. The van der Waals surface area contributed by atoms with Gasteiger partial charge in [-0.1, -0.05) is 63.9 Å². The van der Waals surface area contributed by atoms with Crippen molar-refractivity contribution in [3.63, 3.8) is 0 Å². The summed E-state index contributed by atoms with van der Waals surface area (Å²) in [6.07, 6.45) is 4.15. The molecule has 1 amide bonds. The molecule has 0 aromatic heterocycles. The Morgan fingerprint density at radius 2 is 1.68 bits per heavy atom. The highest BCUT2D eigenvalue weighted by molar-refractivity contribution is 5.78. The van der Waals surface area contributed by atoms with E-state index < -0.39 is 0 Å². The van der Waals surface area contributed by atoms with Gasteiger partial charge in [0.1, 0.15) is 0 Å². The molecule has 1 unspecified atom stereocenters. The van der Waals surface area contributed by atoms with Gasteiger partial charge in [0.15, 0.2) is 0 Å². The topological polar surface area (TPSA) is 29.1 Å². The van der Waals surface area contributed by atoms with Crippen LogP contribution >= 0.6 is 0 Å². The summed E-state index contributed by atoms with van der Waals surface area (Å²) in [5.41, 5.74) is 1.28. The van der Waals surface area contributed by atoms with Crippen LogP contribution in [-0.4, -0.2) is 12.5 Å². The Kier molecular flexibility index (Phi) is 7.24. The van der Waals surface area contributed by atoms with Gasteiger partial charge < -0.3 is 5.32 Å². The first-order valence-corrected chi connectivity index (χ1v) is 7.51. The minimum Gasteiger partial charge on any atom is -0.355 e. The van der Waals surface area contributed by atoms with Gasteiger partial charge in [-0.2, -0.15) is 0 Å². The second-order valence-electron chi connectivity index (χ2n) is 5.33. The molecule has 106 valence electrons. The normalized spacial score (nSPS) is 12.4. The first kappa shape index (κ1) is 15.7. The molecule has 1 atom stereocenters. The minimum atomic E-state index is 0.193. The zero-order valence-corrected chi connectivity index (χ0v) is 12.5. The van der Waals surface area contributed by atoms with E-state index in [0.717, 1.165) is 32.2 Å². The molecule has 2 heteroatoms. The highest BCUT2D eigenvalue weighted by Crippen LogP contribution is 2.16. The van der Waals surface area contributed by atoms with Gasteiger partial charge in [-0.25, -0.2) is 0 Å². The van der Waals surface area contributed by atoms with Gasteiger partial charge in [-0.15, -0.1) is 0 Å². The smallest absolute Gasteiger partial charge is 0.223 e. The number of hydrogen-bond donors (Lipinski definition) is 1. The molecule has 0 saturated carbocycles. The predicted molar refractivity (Wildman–Crippen MR) is 81.2 cm³/mol. The van der Waals surface area contributed by atoms with E-state index in [0.29, 0.717) is 5.92 Å². The summed E-state index contributed by atoms with van der Waals surface area (Å²) in [6.45, 7) is 7.17. The third-order valence-electron chi connectivity index (χ3n) is 3.60. The van der Waals surface area contributed by atoms with Crippen LogP contribution in [0, 0.1) is 5.92 Å². The van der Waals surface area contributed by atoms with Crippen molar-refractivity contribution in [3.8, 4) is 0 Å². The summed E-state index contributed by atoms with van der Waals surface area (Å²) in [6, 6.07) is 10.3. The first-order chi connectivity index (χ1) is 9.19. The summed E-state index contributed by atoms with van der Waals surface area (Å²) in [5.74, 6) is 0.790. The van der Waals surface area contributed by atoms with E-state index in [9.17, 15) is 4.79 Å². The first-order valence-electron chi connectivity index (χ1n) is 7.51. The second kappa shape index (κ2) is 8.73. The third kappa shape index (κ3) is 5.46. The molecule has 0 aliphatic carbocycles. The quantitative estimate of drug-likeness (QED) is 0.749. The van der Waals surface area contributed by atoms with Gasteiger partial charge in [0.2, 0.25) is 5.91 Å². The number of nitrogens with one attached hydrogen (secondary N) is 1. The number of carbonyl (C=O) groups is 1. The van der Waals surface area contributed by atoms with Crippen LogP contribution < -0.4 is 5.32 Å². The van der Waals surface area contributed by atoms with E-state index in [1.165, 1.54) is 5.56 Å². The summed E-state index contributed by atoms with van der Waals surface area (Å²) in [7, 11) is 0. The van der Waals surface area contributed by atoms with Crippen molar-refractivity contribution in [2.45, 2.75) is 52.4 Å². The lowest BCUT2D eigenvalue weighted by Gasteiger charge is -2.18. The fourth-order valence-corrected chi connectivity index (χ4v) is 2.40. The molecule has 0 radical (unpaired) electrons. The maximum absolute atomic E-state index is 12.1. The molecular weight excluding hydrogens is 234 g/mol. The molecule has 0 saturated heterocycles. The lowest BCUT2D eigenvalue weighted by Crippen LogP contribution is -2.33. The zero-order chi connectivity index (χ0) is 14.1. The summed E-state index contributed by atoms with van der Waals surface area (Å²) < 4.78 is 0. The van der Waals surface area contributed by atoms with E-state index >= 15 is 0 Å². The molecule has 1 aromatic rings. The zero-order valence-electron chi connectivity index (χ0n) is 12.5. The largest absolute Gasteiger partial charge is 0.355 e. The summed E-state index contributed by atoms with van der Waals surface area (Å²) in [5, 5.41) is 3.11. The van der Waals surface area contributed by atoms with Crippen molar-refractivity contribution >= 4 is 5.91 Å². The lowest BCUT2D eigenvalue weighted by molar-refractivity contribution is -0.125. The molecule has 0 aliphatic rings. The third-order valence-corrected chi connectivity index (χ3v) is 3.60. The number of hydrogen-bond acceptors (Lipinski definition) is 1. The van der Waals surface area contributed by atoms with Crippen LogP contribution in [0.3, 0.4) is 0 Å². The van der Waals surface area contributed by atoms with Crippen molar-refractivity contribution in [2.75, 3.05) is 6.54 Å². The molecule has 0 aliphatic heterocycles. The summed E-state index contributed by atoms with van der Waals surface area (Å²) >= 11 is 0. The molecule has 1 rings (SSSR count). The number of rotatable bonds is 8. The van der Waals surface area contributed by atoms with Crippen molar-refractivity contribution in [2.24, 2.45) is 5.92 Å². The van der Waals surface area contributed by atoms with Gasteiger partial charge >= 0.3 is 0 Å². The summed E-state index contributed by atoms with van der Waals surface area (Å²) in [4.78, 5) is 12.1. The van der Waals surface area contributed by atoms with Gasteiger partial charge in [0.05, 0.1) is 0 Å². The Labute approximate surface area is 117 Å². The van der Waals surface area contributed by atoms with Crippen LogP contribution in [0.5, 0.6) is 0 Å². The Bertz CT molecular complexity index is 355. The van der Waals surface area contributed by atoms with Crippen molar-refractivity contribution < 1.29 is 4.79 Å². The molecule has 0 heterocycles. The van der Waals surface area contributed by atoms with Gasteiger partial charge in [0.25, 0.3) is 0 Å². The maximum Gasteiger partial charge on any atom is 0.223 e. The van der Waals surface area contributed by atoms with E-state index in [-0.39, 0.29) is 11.8 Å². The molecular formula is C17H27NO. The standard InChI is InChI=1S/C17H27NO/c1-4-9-16(10-5-2)17(19)18-13-14(3)15-11-7-6-8-12-15/h6-8,11-12,14,16H,4-5,9-10,13H2,1-3H3,(H,18,19). The van der Waals surface area contributed by atoms with E-state index in [2.05, 4.69) is 38.2 Å². The highest BCUT2D eigenvalue weighted by Gasteiger charge is 2.17. The van der Waals surface area contributed by atoms with E-state index in [1.807, 2.05) is 18.2 Å². The van der Waals surface area contributed by atoms with Crippen LogP contribution in [0.1, 0.15) is 57.9 Å². The number of amides is 1. The molecule has 2 nitrogen and oxygen atoms in total. The highest BCUT2D eigenvalue weighted by atomic mass is 16.1. The van der Waals surface area contributed by atoms with Crippen LogP contribution in [0.15, 0.2) is 30.3 Å². The van der Waals surface area contributed by atoms with Crippen molar-refractivity contribution in [1.82, 2.24) is 5.32 Å². The Balaban J connectivity index is 2.44. The molecule has 0 fully saturated rings. The second-order valence-corrected chi connectivity index (χ2v) is 5.33. The SMILES string of the molecule is CCCC(CCC)C(=O)NCC(C)c1ccccc1. The molecule has 0 spiro atoms. The lowest BCUT2D eigenvalue weighted by atomic mass is 9.96. The van der Waals surface area contributed by atoms with E-state index in [1.54, 1.807) is 0 Å². The molecule has 19 heavy (non-hydrogen) atoms. The average molecular weight is 261 g/mol. The van der Waals surface area contributed by atoms with Crippen LogP contribution in [0.2, 0.25) is 0 Å². The van der Waals surface area contributed by atoms with Gasteiger partial charge in [-0.05, 0) is 24.3 Å². The Hall–Kier alpha value is -1.31. The fourth-order valence-electron chi connectivity index (χ4n) is 2.40. The molecule has 1 N–H and O–H groups in total. The van der Waals surface area contributed by atoms with E-state index in [4.69, 9.17) is 0 Å². The van der Waals surface area contributed by atoms with Crippen molar-refractivity contribution in [1.29, 1.82) is 0 Å². The van der Waals surface area contributed by atoms with Gasteiger partial charge in [-0.3, -0.25) is 4.79 Å². The van der Waals surface area contributed by atoms with Crippen LogP contribution in [0.25, 0.3) is 0 Å². The van der Waals surface area contributed by atoms with Crippen molar-refractivity contribution in [3.05, 3.63) is 35.9 Å². The Morgan fingerprint density at radius 1 is 1.11 bits per heavy atom. The minimum absolute atomic E-state index is 0.193. The monoisotopic (exact) mass is 261 g/mol. The van der Waals surface area contributed by atoms with Crippen LogP contribution in [-0.2, 0) is 4.79 Å². The fraction of sp³-hybridized carbons (Fsp3) is 0.588. The van der Waals surface area contributed by atoms with Crippen LogP contribution in [0.4, 0.5) is 0 Å². The van der Waals surface area contributed by atoms with Gasteiger partial charge in [0, 0.05) is 12.5 Å². The average Bonchev–Trinajstić information content (AvgIpc) is 2.45. The molecule has 1 aromatic carbocycles. The predicted octanol–water partition coefficient (Wildman–Crippen LogP) is 4.12. The Morgan fingerprint density at radius 3 is 2.21 bits per heavy atom.